The van der Waals surface area contributed by atoms with Crippen LogP contribution in [0, 0.1) is 6.92 Å². The van der Waals surface area contributed by atoms with Crippen molar-refractivity contribution in [2.24, 2.45) is 0 Å². The number of anilines is 1. The number of rotatable bonds is 8. The third kappa shape index (κ3) is 5.72. The van der Waals surface area contributed by atoms with Crippen LogP contribution in [0.3, 0.4) is 0 Å². The summed E-state index contributed by atoms with van der Waals surface area (Å²) in [4.78, 5) is 37.1. The zero-order chi connectivity index (χ0) is 18.2. The molecule has 6 nitrogen and oxygen atoms in total. The van der Waals surface area contributed by atoms with Crippen LogP contribution in [-0.4, -0.2) is 31.4 Å². The Hall–Kier alpha value is -2.67. The normalized spacial score (nSPS) is 10.2. The van der Waals surface area contributed by atoms with Crippen LogP contribution in [-0.2, 0) is 14.3 Å². The van der Waals surface area contributed by atoms with Gasteiger partial charge in [0.15, 0.2) is 12.4 Å². The van der Waals surface area contributed by atoms with Gasteiger partial charge in [-0.05, 0) is 31.2 Å². The van der Waals surface area contributed by atoms with Crippen LogP contribution in [0.25, 0.3) is 0 Å². The van der Waals surface area contributed by atoms with E-state index < -0.39 is 18.5 Å². The van der Waals surface area contributed by atoms with Gasteiger partial charge in [-0.2, -0.15) is 0 Å². The minimum absolute atomic E-state index is 0.0578. The van der Waals surface area contributed by atoms with Crippen LogP contribution < -0.4 is 10.1 Å². The van der Waals surface area contributed by atoms with Crippen molar-refractivity contribution in [1.82, 2.24) is 0 Å². The number of ether oxygens (including phenoxy) is 2. The first-order chi connectivity index (χ1) is 12.0. The molecule has 7 heteroatoms. The molecule has 0 bridgehead atoms. The number of hydrogen-bond donors (Lipinski definition) is 1. The molecule has 0 unspecified atom stereocenters. The second-order valence-corrected chi connectivity index (χ2v) is 6.53. The van der Waals surface area contributed by atoms with Gasteiger partial charge < -0.3 is 14.8 Å². The molecular weight excluding hydrogens is 342 g/mol. The highest BCUT2D eigenvalue weighted by molar-refractivity contribution is 7.14. The summed E-state index contributed by atoms with van der Waals surface area (Å²) in [6.07, 6.45) is 0.00460. The lowest BCUT2D eigenvalue weighted by Gasteiger charge is -2.10. The van der Waals surface area contributed by atoms with Crippen LogP contribution in [0.1, 0.15) is 27.4 Å². The fraction of sp³-hybridized carbons (Fsp3) is 0.278. The number of carbonyl (C=O) groups excluding carboxylic acids is 3. The topological polar surface area (TPSA) is 81.7 Å². The number of para-hydroxylation sites is 2. The molecule has 0 aliphatic carbocycles. The number of nitrogens with one attached hydrogen (secondary N) is 1. The fourth-order valence-corrected chi connectivity index (χ4v) is 2.91. The second-order valence-electron chi connectivity index (χ2n) is 5.24. The molecule has 0 fully saturated rings. The van der Waals surface area contributed by atoms with Crippen molar-refractivity contribution < 1.29 is 23.9 Å². The smallest absolute Gasteiger partial charge is 0.306 e. The van der Waals surface area contributed by atoms with Gasteiger partial charge in [0.2, 0.25) is 0 Å². The average Bonchev–Trinajstić information content (AvgIpc) is 3.05. The van der Waals surface area contributed by atoms with E-state index in [0.29, 0.717) is 16.3 Å². The maximum Gasteiger partial charge on any atom is 0.306 e. The quantitative estimate of drug-likeness (QED) is 0.577. The minimum atomic E-state index is -0.586. The third-order valence-electron chi connectivity index (χ3n) is 3.32. The van der Waals surface area contributed by atoms with Gasteiger partial charge in [-0.3, -0.25) is 14.4 Å². The van der Waals surface area contributed by atoms with E-state index in [2.05, 4.69) is 5.32 Å². The number of Topliss-reactive ketones (excluding diaryl/α,β-unsaturated/α-hetero) is 1. The Morgan fingerprint density at radius 1 is 1.08 bits per heavy atom. The number of thiophene rings is 1. The van der Waals surface area contributed by atoms with Crippen LogP contribution in [0.5, 0.6) is 5.75 Å². The molecule has 1 amide bonds. The Bertz CT molecular complexity index is 768. The van der Waals surface area contributed by atoms with E-state index in [1.807, 2.05) is 13.0 Å². The highest BCUT2D eigenvalue weighted by atomic mass is 32.1. The van der Waals surface area contributed by atoms with Crippen molar-refractivity contribution in [3.63, 3.8) is 0 Å². The highest BCUT2D eigenvalue weighted by Gasteiger charge is 2.14. The van der Waals surface area contributed by atoms with Crippen LogP contribution in [0.2, 0.25) is 0 Å². The van der Waals surface area contributed by atoms with Crippen molar-refractivity contribution in [3.8, 4) is 5.75 Å². The molecule has 2 aromatic rings. The first-order valence-corrected chi connectivity index (χ1v) is 8.49. The Morgan fingerprint density at radius 3 is 2.52 bits per heavy atom. The number of methoxy groups -OCH3 is 1. The van der Waals surface area contributed by atoms with Crippen LogP contribution in [0.15, 0.2) is 36.4 Å². The summed E-state index contributed by atoms with van der Waals surface area (Å²) >= 11 is 1.39. The maximum absolute atomic E-state index is 11.9. The molecule has 2 rings (SSSR count). The van der Waals surface area contributed by atoms with E-state index >= 15 is 0 Å². The largest absolute Gasteiger partial charge is 0.495 e. The van der Waals surface area contributed by atoms with Gasteiger partial charge in [-0.25, -0.2) is 0 Å². The van der Waals surface area contributed by atoms with Crippen molar-refractivity contribution in [3.05, 3.63) is 46.2 Å². The number of aryl methyl sites for hydroxylation is 1. The molecule has 0 atom stereocenters. The van der Waals surface area contributed by atoms with Gasteiger partial charge in [0.1, 0.15) is 5.75 Å². The molecule has 1 heterocycles. The number of hydrogen-bond acceptors (Lipinski definition) is 6. The first kappa shape index (κ1) is 18.7. The second kappa shape index (κ2) is 8.98. The molecule has 132 valence electrons. The number of esters is 1. The zero-order valence-electron chi connectivity index (χ0n) is 14.0. The Kier molecular flexibility index (Phi) is 6.71. The lowest BCUT2D eigenvalue weighted by atomic mass is 10.2. The summed E-state index contributed by atoms with van der Waals surface area (Å²) < 4.78 is 10.0. The molecule has 0 aliphatic rings. The minimum Gasteiger partial charge on any atom is -0.495 e. The van der Waals surface area contributed by atoms with E-state index in [1.54, 1.807) is 30.3 Å². The summed E-state index contributed by atoms with van der Waals surface area (Å²) in [6.45, 7) is 1.50. The fourth-order valence-electron chi connectivity index (χ4n) is 2.08. The molecule has 0 spiro atoms. The summed E-state index contributed by atoms with van der Waals surface area (Å²) in [7, 11) is 1.50. The van der Waals surface area contributed by atoms with Gasteiger partial charge >= 0.3 is 5.97 Å². The summed E-state index contributed by atoms with van der Waals surface area (Å²) in [5.74, 6) is -0.651. The lowest BCUT2D eigenvalue weighted by Crippen LogP contribution is -2.21. The molecule has 25 heavy (non-hydrogen) atoms. The van der Waals surface area contributed by atoms with E-state index in [0.717, 1.165) is 4.88 Å². The van der Waals surface area contributed by atoms with Crippen molar-refractivity contribution >= 4 is 34.7 Å². The number of benzene rings is 1. The molecule has 1 aromatic heterocycles. The molecule has 0 radical (unpaired) electrons. The lowest BCUT2D eigenvalue weighted by molar-refractivity contribution is -0.147. The van der Waals surface area contributed by atoms with Crippen LogP contribution >= 0.6 is 11.3 Å². The Labute approximate surface area is 149 Å². The summed E-state index contributed by atoms with van der Waals surface area (Å²) in [5, 5.41) is 2.60. The van der Waals surface area contributed by atoms with Gasteiger partial charge in [-0.1, -0.05) is 12.1 Å². The SMILES string of the molecule is COc1ccccc1NC(=O)COC(=O)CCC(=O)c1ccc(C)s1. The van der Waals surface area contributed by atoms with Crippen molar-refractivity contribution in [1.29, 1.82) is 0 Å². The number of carbonyl (C=O) groups is 3. The van der Waals surface area contributed by atoms with E-state index in [4.69, 9.17) is 9.47 Å². The van der Waals surface area contributed by atoms with Gasteiger partial charge in [0.25, 0.3) is 5.91 Å². The third-order valence-corrected chi connectivity index (χ3v) is 4.36. The number of amides is 1. The van der Waals surface area contributed by atoms with E-state index in [1.165, 1.54) is 18.4 Å². The van der Waals surface area contributed by atoms with E-state index in [9.17, 15) is 14.4 Å². The van der Waals surface area contributed by atoms with Gasteiger partial charge in [0, 0.05) is 11.3 Å². The maximum atomic E-state index is 11.9. The first-order valence-electron chi connectivity index (χ1n) is 7.67. The summed E-state index contributed by atoms with van der Waals surface area (Å²) in [6, 6.07) is 10.5. The Balaban J connectivity index is 1.74. The average molecular weight is 361 g/mol. The van der Waals surface area contributed by atoms with Crippen molar-refractivity contribution in [2.75, 3.05) is 19.0 Å². The summed E-state index contributed by atoms with van der Waals surface area (Å²) in [5.41, 5.74) is 0.495. The predicted octanol–water partition coefficient (Wildman–Crippen LogP) is 3.21. The molecule has 1 N–H and O–H groups in total. The van der Waals surface area contributed by atoms with Crippen LogP contribution in [0.4, 0.5) is 5.69 Å². The molecule has 0 saturated heterocycles. The van der Waals surface area contributed by atoms with E-state index in [-0.39, 0.29) is 18.6 Å². The standard InChI is InChI=1S/C18H19NO5S/c1-12-7-9-16(25-12)14(20)8-10-18(22)24-11-17(21)19-13-5-3-4-6-15(13)23-2/h3-7,9H,8,10-11H2,1-2H3,(H,19,21). The molecule has 1 aromatic carbocycles. The monoisotopic (exact) mass is 361 g/mol. The Morgan fingerprint density at radius 2 is 1.84 bits per heavy atom. The molecular formula is C18H19NO5S. The van der Waals surface area contributed by atoms with Gasteiger partial charge in [0.05, 0.1) is 24.1 Å². The predicted molar refractivity (Wildman–Crippen MR) is 95.2 cm³/mol. The van der Waals surface area contributed by atoms with Gasteiger partial charge in [-0.15, -0.1) is 11.3 Å². The highest BCUT2D eigenvalue weighted by Crippen LogP contribution is 2.22. The molecule has 0 saturated carbocycles. The number of ketones is 1. The zero-order valence-corrected chi connectivity index (χ0v) is 14.9. The molecule has 0 aliphatic heterocycles. The van der Waals surface area contributed by atoms with Crippen molar-refractivity contribution in [2.45, 2.75) is 19.8 Å².